The van der Waals surface area contributed by atoms with Crippen molar-refractivity contribution >= 4 is 5.91 Å². The van der Waals surface area contributed by atoms with E-state index in [1.54, 1.807) is 6.08 Å². The van der Waals surface area contributed by atoms with Crippen LogP contribution < -0.4 is 5.32 Å². The van der Waals surface area contributed by atoms with Crippen molar-refractivity contribution in [3.05, 3.63) is 36.5 Å². The molecule has 0 aromatic rings. The quantitative estimate of drug-likeness (QED) is 0.0204. The van der Waals surface area contributed by atoms with Crippen molar-refractivity contribution in [3.63, 3.8) is 0 Å². The maximum absolute atomic E-state index is 13.3. The normalized spacial score (nSPS) is 24.6. The summed E-state index contributed by atoms with van der Waals surface area (Å²) < 4.78 is 22.8. The standard InChI is InChI=1S/C65H121NO13/c1-3-5-7-9-11-13-15-17-19-21-22-23-24-25-26-27-28-29-30-31-32-33-34-36-38-40-42-44-46-48-54(69)53(66-57(70)49-47-45-43-41-39-37-35-20-18-16-14-12-10-8-6-4-2)52-76-64-62(75)60(73)63(56(51-68)78-64)79-65-61(74)59(72)58(71)55(50-67)77-65/h14,16,20,35,46,48,53-56,58-65,67-69,71-75H,3-13,15,17-19,21-34,36-45,47,49-52H2,1-2H3,(H,66,70)/b16-14-,35-20-,48-46+. The summed E-state index contributed by atoms with van der Waals surface area (Å²) >= 11 is 0. The first-order valence-corrected chi connectivity index (χ1v) is 32.7. The van der Waals surface area contributed by atoms with E-state index >= 15 is 0 Å². The minimum Gasteiger partial charge on any atom is -0.394 e. The Morgan fingerprint density at radius 1 is 0.456 bits per heavy atom. The molecule has 2 aliphatic rings. The molecular formula is C65H121NO13. The second-order valence-electron chi connectivity index (χ2n) is 23.2. The van der Waals surface area contributed by atoms with Gasteiger partial charge in [-0.1, -0.05) is 256 Å². The van der Waals surface area contributed by atoms with Crippen molar-refractivity contribution in [3.8, 4) is 0 Å². The molecule has 1 amide bonds. The molecule has 0 bridgehead atoms. The fraction of sp³-hybridized carbons (Fsp3) is 0.892. The molecule has 0 aromatic carbocycles. The van der Waals surface area contributed by atoms with Gasteiger partial charge in [-0.2, -0.15) is 0 Å². The summed E-state index contributed by atoms with van der Waals surface area (Å²) in [6.07, 6.45) is 46.3. The van der Waals surface area contributed by atoms with Gasteiger partial charge in [0.1, 0.15) is 48.8 Å². The van der Waals surface area contributed by atoms with E-state index in [2.05, 4.69) is 43.5 Å². The zero-order valence-electron chi connectivity index (χ0n) is 50.1. The predicted octanol–water partition coefficient (Wildman–Crippen LogP) is 12.2. The predicted molar refractivity (Wildman–Crippen MR) is 318 cm³/mol. The van der Waals surface area contributed by atoms with Gasteiger partial charge in [0, 0.05) is 6.42 Å². The van der Waals surface area contributed by atoms with Crippen LogP contribution in [0.4, 0.5) is 0 Å². The summed E-state index contributed by atoms with van der Waals surface area (Å²) in [5.74, 6) is -0.251. The molecule has 2 fully saturated rings. The topological polar surface area (TPSA) is 228 Å². The number of nitrogens with one attached hydrogen (secondary N) is 1. The Kier molecular flexibility index (Phi) is 47.0. The maximum Gasteiger partial charge on any atom is 0.220 e. The number of hydrogen-bond donors (Lipinski definition) is 9. The number of aliphatic hydroxyl groups excluding tert-OH is 8. The number of aliphatic hydroxyl groups is 8. The molecule has 79 heavy (non-hydrogen) atoms. The highest BCUT2D eigenvalue weighted by atomic mass is 16.7. The molecule has 2 heterocycles. The van der Waals surface area contributed by atoms with Gasteiger partial charge in [0.05, 0.1) is 32.0 Å². The Bertz CT molecular complexity index is 1460. The lowest BCUT2D eigenvalue weighted by Gasteiger charge is -2.46. The average molecular weight is 1120 g/mol. The lowest BCUT2D eigenvalue weighted by molar-refractivity contribution is -0.359. The van der Waals surface area contributed by atoms with Crippen LogP contribution in [-0.4, -0.2) is 140 Å². The van der Waals surface area contributed by atoms with Gasteiger partial charge in [0.2, 0.25) is 5.91 Å². The van der Waals surface area contributed by atoms with Gasteiger partial charge in [0.25, 0.3) is 0 Å². The monoisotopic (exact) mass is 1120 g/mol. The van der Waals surface area contributed by atoms with Crippen molar-refractivity contribution in [1.82, 2.24) is 5.32 Å². The highest BCUT2D eigenvalue weighted by Gasteiger charge is 2.51. The minimum atomic E-state index is -1.79. The Hall–Kier alpha value is -1.79. The Balaban J connectivity index is 1.70. The van der Waals surface area contributed by atoms with Crippen molar-refractivity contribution in [1.29, 1.82) is 0 Å². The van der Waals surface area contributed by atoms with E-state index in [0.29, 0.717) is 6.42 Å². The molecule has 464 valence electrons. The molecule has 0 saturated carbocycles. The molecule has 0 aromatic heterocycles. The summed E-state index contributed by atoms with van der Waals surface area (Å²) in [5, 5.41) is 87.2. The molecule has 0 aliphatic carbocycles. The van der Waals surface area contributed by atoms with Crippen LogP contribution in [0.25, 0.3) is 0 Å². The third kappa shape index (κ3) is 35.8. The molecule has 12 unspecified atom stereocenters. The van der Waals surface area contributed by atoms with Gasteiger partial charge in [0.15, 0.2) is 12.6 Å². The highest BCUT2D eigenvalue weighted by molar-refractivity contribution is 5.76. The number of unbranched alkanes of at least 4 members (excludes halogenated alkanes) is 36. The first-order chi connectivity index (χ1) is 38.6. The van der Waals surface area contributed by atoms with Crippen molar-refractivity contribution in [2.75, 3.05) is 19.8 Å². The second kappa shape index (κ2) is 50.7. The van der Waals surface area contributed by atoms with Gasteiger partial charge in [-0.05, 0) is 51.4 Å². The number of ether oxygens (including phenoxy) is 4. The zero-order chi connectivity index (χ0) is 57.4. The minimum absolute atomic E-state index is 0.251. The third-order valence-corrected chi connectivity index (χ3v) is 16.1. The van der Waals surface area contributed by atoms with E-state index in [4.69, 9.17) is 18.9 Å². The van der Waals surface area contributed by atoms with Crippen LogP contribution in [-0.2, 0) is 23.7 Å². The lowest BCUT2D eigenvalue weighted by atomic mass is 9.97. The Morgan fingerprint density at radius 3 is 1.28 bits per heavy atom. The molecule has 14 heteroatoms. The zero-order valence-corrected chi connectivity index (χ0v) is 50.1. The lowest BCUT2D eigenvalue weighted by Crippen LogP contribution is -2.65. The largest absolute Gasteiger partial charge is 0.394 e. The molecule has 9 N–H and O–H groups in total. The molecular weight excluding hydrogens is 1000 g/mol. The van der Waals surface area contributed by atoms with Crippen LogP contribution in [0.5, 0.6) is 0 Å². The Labute approximate surface area is 481 Å². The van der Waals surface area contributed by atoms with Gasteiger partial charge < -0.3 is 65.1 Å². The summed E-state index contributed by atoms with van der Waals surface area (Å²) in [5.41, 5.74) is 0. The maximum atomic E-state index is 13.3. The fourth-order valence-corrected chi connectivity index (χ4v) is 10.8. The molecule has 0 spiro atoms. The SMILES string of the molecule is CCCCCC/C=C\C/C=C\CCCCCCCC(=O)NC(COC1OC(CO)C(OC2OC(CO)C(O)C(O)C2O)C(O)C1O)C(O)/C=C/CCCCCCCCCCCCCCCCCCCCCCCCCCCCC. The number of carbonyl (C=O) groups is 1. The van der Waals surface area contributed by atoms with Crippen molar-refractivity contribution in [2.45, 2.75) is 351 Å². The van der Waals surface area contributed by atoms with Gasteiger partial charge in [-0.3, -0.25) is 4.79 Å². The average Bonchev–Trinajstić information content (AvgIpc) is 3.48. The summed E-state index contributed by atoms with van der Waals surface area (Å²) in [7, 11) is 0. The van der Waals surface area contributed by atoms with Crippen LogP contribution in [0.3, 0.4) is 0 Å². The molecule has 2 saturated heterocycles. The first kappa shape index (κ1) is 73.3. The fourth-order valence-electron chi connectivity index (χ4n) is 10.8. The van der Waals surface area contributed by atoms with E-state index in [1.807, 2.05) is 6.08 Å². The van der Waals surface area contributed by atoms with Crippen molar-refractivity contribution in [2.24, 2.45) is 0 Å². The number of rotatable bonds is 53. The van der Waals surface area contributed by atoms with Gasteiger partial charge in [-0.25, -0.2) is 0 Å². The van der Waals surface area contributed by atoms with E-state index in [0.717, 1.165) is 64.2 Å². The highest BCUT2D eigenvalue weighted by Crippen LogP contribution is 2.30. The van der Waals surface area contributed by atoms with Gasteiger partial charge >= 0.3 is 0 Å². The van der Waals surface area contributed by atoms with E-state index < -0.39 is 86.8 Å². The number of allylic oxidation sites excluding steroid dienone is 5. The van der Waals surface area contributed by atoms with E-state index in [-0.39, 0.29) is 18.9 Å². The smallest absolute Gasteiger partial charge is 0.220 e. The first-order valence-electron chi connectivity index (χ1n) is 32.7. The van der Waals surface area contributed by atoms with Crippen LogP contribution in [0.15, 0.2) is 36.5 Å². The summed E-state index contributed by atoms with van der Waals surface area (Å²) in [6.45, 7) is 2.80. The van der Waals surface area contributed by atoms with Crippen LogP contribution in [0.1, 0.15) is 277 Å². The van der Waals surface area contributed by atoms with Crippen LogP contribution in [0.2, 0.25) is 0 Å². The molecule has 12 atom stereocenters. The number of amides is 1. The van der Waals surface area contributed by atoms with Crippen LogP contribution >= 0.6 is 0 Å². The second-order valence-corrected chi connectivity index (χ2v) is 23.2. The number of hydrogen-bond acceptors (Lipinski definition) is 13. The number of carbonyl (C=O) groups excluding carboxylic acids is 1. The van der Waals surface area contributed by atoms with E-state index in [9.17, 15) is 45.6 Å². The summed E-state index contributed by atoms with van der Waals surface area (Å²) in [6, 6.07) is -0.922. The van der Waals surface area contributed by atoms with Gasteiger partial charge in [-0.15, -0.1) is 0 Å². The molecule has 2 rings (SSSR count). The molecule has 14 nitrogen and oxygen atoms in total. The summed E-state index contributed by atoms with van der Waals surface area (Å²) in [4.78, 5) is 13.3. The van der Waals surface area contributed by atoms with Crippen molar-refractivity contribution < 1.29 is 64.6 Å². The van der Waals surface area contributed by atoms with E-state index in [1.165, 1.54) is 186 Å². The molecule has 2 aliphatic heterocycles. The molecule has 0 radical (unpaired) electrons. The third-order valence-electron chi connectivity index (χ3n) is 16.1. The van der Waals surface area contributed by atoms with Crippen LogP contribution in [0, 0.1) is 0 Å². The Morgan fingerprint density at radius 2 is 0.835 bits per heavy atom.